The SMILES string of the molecule is CC(C)(O)C1CCN(c2nc3cnccc3s2)CC1. The maximum atomic E-state index is 10.1. The van der Waals surface area contributed by atoms with Gasteiger partial charge in [0.05, 0.1) is 16.5 Å². The van der Waals surface area contributed by atoms with E-state index < -0.39 is 5.60 Å². The van der Waals surface area contributed by atoms with Crippen molar-refractivity contribution in [3.8, 4) is 0 Å². The summed E-state index contributed by atoms with van der Waals surface area (Å²) in [5, 5.41) is 11.2. The molecule has 4 nitrogen and oxygen atoms in total. The second kappa shape index (κ2) is 4.72. The van der Waals surface area contributed by atoms with Crippen LogP contribution < -0.4 is 4.90 Å². The molecule has 3 heterocycles. The van der Waals surface area contributed by atoms with Crippen LogP contribution in [0.25, 0.3) is 10.2 Å². The Kier molecular flexibility index (Phi) is 3.19. The molecule has 5 heteroatoms. The summed E-state index contributed by atoms with van der Waals surface area (Å²) in [5.41, 5.74) is 0.413. The lowest BCUT2D eigenvalue weighted by atomic mass is 9.83. The molecule has 1 N–H and O–H groups in total. The number of fused-ring (bicyclic) bond motifs is 1. The highest BCUT2D eigenvalue weighted by atomic mass is 32.1. The third kappa shape index (κ3) is 2.58. The quantitative estimate of drug-likeness (QED) is 0.917. The van der Waals surface area contributed by atoms with E-state index in [0.717, 1.165) is 36.6 Å². The molecule has 1 aliphatic heterocycles. The fraction of sp³-hybridized carbons (Fsp3) is 0.571. The van der Waals surface area contributed by atoms with E-state index in [1.165, 1.54) is 4.70 Å². The van der Waals surface area contributed by atoms with Crippen molar-refractivity contribution in [2.75, 3.05) is 18.0 Å². The molecule has 0 unspecified atom stereocenters. The van der Waals surface area contributed by atoms with Gasteiger partial charge in [0.1, 0.15) is 5.52 Å². The molecule has 0 aromatic carbocycles. The molecule has 3 rings (SSSR count). The lowest BCUT2D eigenvalue weighted by Crippen LogP contribution is -2.41. The first-order chi connectivity index (χ1) is 9.04. The molecule has 0 spiro atoms. The molecule has 2 aromatic heterocycles. The zero-order valence-electron chi connectivity index (χ0n) is 11.3. The molecule has 0 amide bonds. The topological polar surface area (TPSA) is 49.2 Å². The number of hydrogen-bond acceptors (Lipinski definition) is 5. The first-order valence-electron chi connectivity index (χ1n) is 6.72. The Bertz CT molecular complexity index is 534. The highest BCUT2D eigenvalue weighted by Crippen LogP contribution is 2.33. The molecule has 0 atom stereocenters. The normalized spacial score (nSPS) is 18.2. The summed E-state index contributed by atoms with van der Waals surface area (Å²) in [6, 6.07) is 2.01. The fourth-order valence-electron chi connectivity index (χ4n) is 2.68. The maximum absolute atomic E-state index is 10.1. The number of aromatic nitrogens is 2. The Morgan fingerprint density at radius 1 is 1.37 bits per heavy atom. The predicted molar refractivity (Wildman–Crippen MR) is 78.6 cm³/mol. The van der Waals surface area contributed by atoms with Crippen LogP contribution >= 0.6 is 11.3 Å². The molecule has 1 saturated heterocycles. The number of rotatable bonds is 2. The van der Waals surface area contributed by atoms with Gasteiger partial charge in [-0.3, -0.25) is 4.98 Å². The first kappa shape index (κ1) is 12.8. The minimum Gasteiger partial charge on any atom is -0.390 e. The minimum atomic E-state index is -0.566. The van der Waals surface area contributed by atoms with Gasteiger partial charge in [0.25, 0.3) is 0 Å². The standard InChI is InChI=1S/C14H19N3OS/c1-14(2,18)10-4-7-17(8-5-10)13-16-11-9-15-6-3-12(11)19-13/h3,6,9-10,18H,4-5,7-8H2,1-2H3. The van der Waals surface area contributed by atoms with Gasteiger partial charge < -0.3 is 10.0 Å². The molecule has 0 bridgehead atoms. The zero-order chi connectivity index (χ0) is 13.5. The fourth-order valence-corrected chi connectivity index (χ4v) is 3.66. The number of aliphatic hydroxyl groups is 1. The van der Waals surface area contributed by atoms with Crippen LogP contribution in [0.3, 0.4) is 0 Å². The smallest absolute Gasteiger partial charge is 0.186 e. The van der Waals surface area contributed by atoms with Crippen molar-refractivity contribution < 1.29 is 5.11 Å². The summed E-state index contributed by atoms with van der Waals surface area (Å²) >= 11 is 1.72. The molecule has 0 aliphatic carbocycles. The number of pyridine rings is 1. The van der Waals surface area contributed by atoms with Gasteiger partial charge in [-0.15, -0.1) is 0 Å². The molecule has 2 aromatic rings. The minimum absolute atomic E-state index is 0.389. The summed E-state index contributed by atoms with van der Waals surface area (Å²) in [5.74, 6) is 0.389. The summed E-state index contributed by atoms with van der Waals surface area (Å²) in [6.45, 7) is 5.77. The van der Waals surface area contributed by atoms with E-state index in [9.17, 15) is 5.11 Å². The van der Waals surface area contributed by atoms with Crippen molar-refractivity contribution in [1.29, 1.82) is 0 Å². The average Bonchev–Trinajstić information content (AvgIpc) is 2.81. The van der Waals surface area contributed by atoms with Gasteiger partial charge in [0.2, 0.25) is 0 Å². The Morgan fingerprint density at radius 3 is 2.74 bits per heavy atom. The molecule has 1 fully saturated rings. The third-order valence-corrected chi connectivity index (χ3v) is 5.04. The Hall–Kier alpha value is -1.20. The van der Waals surface area contributed by atoms with Crippen LogP contribution in [0.1, 0.15) is 26.7 Å². The number of anilines is 1. The van der Waals surface area contributed by atoms with Gasteiger partial charge in [-0.2, -0.15) is 0 Å². The van der Waals surface area contributed by atoms with Gasteiger partial charge >= 0.3 is 0 Å². The van der Waals surface area contributed by atoms with E-state index >= 15 is 0 Å². The van der Waals surface area contributed by atoms with E-state index in [2.05, 4.69) is 14.9 Å². The van der Waals surface area contributed by atoms with Crippen LogP contribution in [0.5, 0.6) is 0 Å². The van der Waals surface area contributed by atoms with Crippen molar-refractivity contribution in [3.63, 3.8) is 0 Å². The molecule has 102 valence electrons. The van der Waals surface area contributed by atoms with Gasteiger partial charge in [-0.05, 0) is 38.7 Å². The van der Waals surface area contributed by atoms with Crippen LogP contribution in [-0.4, -0.2) is 33.8 Å². The second-order valence-corrected chi connectivity index (χ2v) is 6.76. The summed E-state index contributed by atoms with van der Waals surface area (Å²) in [4.78, 5) is 11.1. The maximum Gasteiger partial charge on any atom is 0.186 e. The van der Waals surface area contributed by atoms with Crippen molar-refractivity contribution in [2.24, 2.45) is 5.92 Å². The Morgan fingerprint density at radius 2 is 2.11 bits per heavy atom. The molecule has 19 heavy (non-hydrogen) atoms. The lowest BCUT2D eigenvalue weighted by molar-refractivity contribution is 0.00651. The number of thiazole rings is 1. The molecular formula is C14H19N3OS. The van der Waals surface area contributed by atoms with Crippen LogP contribution in [0.15, 0.2) is 18.5 Å². The van der Waals surface area contributed by atoms with Crippen LogP contribution in [0, 0.1) is 5.92 Å². The van der Waals surface area contributed by atoms with Crippen LogP contribution in [0.4, 0.5) is 5.13 Å². The van der Waals surface area contributed by atoms with Gasteiger partial charge in [0.15, 0.2) is 5.13 Å². The lowest BCUT2D eigenvalue weighted by Gasteiger charge is -2.37. The first-order valence-corrected chi connectivity index (χ1v) is 7.53. The van der Waals surface area contributed by atoms with E-state index in [1.54, 1.807) is 11.3 Å². The van der Waals surface area contributed by atoms with E-state index in [-0.39, 0.29) is 0 Å². The van der Waals surface area contributed by atoms with E-state index in [1.807, 2.05) is 32.3 Å². The van der Waals surface area contributed by atoms with E-state index in [0.29, 0.717) is 5.92 Å². The highest BCUT2D eigenvalue weighted by molar-refractivity contribution is 7.22. The summed E-state index contributed by atoms with van der Waals surface area (Å²) in [7, 11) is 0. The monoisotopic (exact) mass is 277 g/mol. The largest absolute Gasteiger partial charge is 0.390 e. The van der Waals surface area contributed by atoms with Crippen molar-refractivity contribution >= 4 is 26.7 Å². The number of hydrogen-bond donors (Lipinski definition) is 1. The van der Waals surface area contributed by atoms with Gasteiger partial charge in [-0.1, -0.05) is 11.3 Å². The van der Waals surface area contributed by atoms with Crippen molar-refractivity contribution in [2.45, 2.75) is 32.3 Å². The molecule has 0 radical (unpaired) electrons. The molecule has 1 aliphatic rings. The second-order valence-electron chi connectivity index (χ2n) is 5.75. The number of nitrogens with zero attached hydrogens (tertiary/aromatic N) is 3. The Balaban J connectivity index is 1.74. The molecule has 0 saturated carbocycles. The van der Waals surface area contributed by atoms with Gasteiger partial charge in [-0.25, -0.2) is 4.98 Å². The number of piperidine rings is 1. The van der Waals surface area contributed by atoms with Crippen LogP contribution in [-0.2, 0) is 0 Å². The average molecular weight is 277 g/mol. The highest BCUT2D eigenvalue weighted by Gasteiger charge is 2.31. The van der Waals surface area contributed by atoms with Crippen molar-refractivity contribution in [1.82, 2.24) is 9.97 Å². The summed E-state index contributed by atoms with van der Waals surface area (Å²) < 4.78 is 1.19. The zero-order valence-corrected chi connectivity index (χ0v) is 12.2. The Labute approximate surface area is 117 Å². The third-order valence-electron chi connectivity index (χ3n) is 3.94. The van der Waals surface area contributed by atoms with Crippen LogP contribution in [0.2, 0.25) is 0 Å². The van der Waals surface area contributed by atoms with Gasteiger partial charge in [0, 0.05) is 19.3 Å². The summed E-state index contributed by atoms with van der Waals surface area (Å²) in [6.07, 6.45) is 5.68. The predicted octanol–water partition coefficient (Wildman–Crippen LogP) is 2.68. The molecular weight excluding hydrogens is 258 g/mol. The van der Waals surface area contributed by atoms with Crippen molar-refractivity contribution in [3.05, 3.63) is 18.5 Å². The van der Waals surface area contributed by atoms with E-state index in [4.69, 9.17) is 0 Å².